The van der Waals surface area contributed by atoms with E-state index in [0.29, 0.717) is 5.41 Å². The van der Waals surface area contributed by atoms with Gasteiger partial charge in [0.25, 0.3) is 0 Å². The molecule has 0 aromatic carbocycles. The van der Waals surface area contributed by atoms with E-state index < -0.39 is 5.60 Å². The third-order valence-corrected chi connectivity index (χ3v) is 3.30. The minimum atomic E-state index is -0.396. The summed E-state index contributed by atoms with van der Waals surface area (Å²) in [6, 6.07) is -0.162. The van der Waals surface area contributed by atoms with E-state index in [0.717, 1.165) is 6.42 Å². The minimum Gasteiger partial charge on any atom is -0.459 e. The predicted molar refractivity (Wildman–Crippen MR) is 65.3 cm³/mol. The normalized spacial score (nSPS) is 21.1. The van der Waals surface area contributed by atoms with Gasteiger partial charge < -0.3 is 10.1 Å². The van der Waals surface area contributed by atoms with Crippen molar-refractivity contribution in [3.63, 3.8) is 0 Å². The maximum absolute atomic E-state index is 11.9. The topological polar surface area (TPSA) is 38.3 Å². The van der Waals surface area contributed by atoms with Crippen LogP contribution in [0.4, 0.5) is 0 Å². The summed E-state index contributed by atoms with van der Waals surface area (Å²) in [6.45, 7) is 7.97. The molecule has 1 saturated carbocycles. The lowest BCUT2D eigenvalue weighted by Crippen LogP contribution is -2.44. The van der Waals surface area contributed by atoms with Gasteiger partial charge in [-0.15, -0.1) is 0 Å². The molecule has 0 aromatic heterocycles. The fourth-order valence-electron chi connectivity index (χ4n) is 2.15. The van der Waals surface area contributed by atoms with Crippen LogP contribution in [-0.4, -0.2) is 24.7 Å². The standard InChI is InChI=1S/C13H25NO2/c1-12(2,3)16-11(15)10(14-5)9-13(4)7-6-8-13/h10,14H,6-9H2,1-5H3/t10-/m1/s1. The van der Waals surface area contributed by atoms with Gasteiger partial charge in [-0.25, -0.2) is 0 Å². The van der Waals surface area contributed by atoms with Gasteiger partial charge in [-0.05, 0) is 52.5 Å². The van der Waals surface area contributed by atoms with Crippen molar-refractivity contribution in [3.8, 4) is 0 Å². The van der Waals surface area contributed by atoms with E-state index in [1.807, 2.05) is 27.8 Å². The second-order valence-corrected chi connectivity index (χ2v) is 6.24. The number of nitrogens with one attached hydrogen (secondary N) is 1. The van der Waals surface area contributed by atoms with Gasteiger partial charge >= 0.3 is 5.97 Å². The van der Waals surface area contributed by atoms with Gasteiger partial charge in [-0.3, -0.25) is 4.79 Å². The fraction of sp³-hybridized carbons (Fsp3) is 0.923. The van der Waals surface area contributed by atoms with Crippen LogP contribution < -0.4 is 5.32 Å². The van der Waals surface area contributed by atoms with Gasteiger partial charge in [0.05, 0.1) is 0 Å². The summed E-state index contributed by atoms with van der Waals surface area (Å²) in [5.41, 5.74) is -0.0583. The number of hydrogen-bond acceptors (Lipinski definition) is 3. The third-order valence-electron chi connectivity index (χ3n) is 3.30. The van der Waals surface area contributed by atoms with Crippen molar-refractivity contribution in [2.45, 2.75) is 65.0 Å². The SMILES string of the molecule is CN[C@H](CC1(C)CCC1)C(=O)OC(C)(C)C. The van der Waals surface area contributed by atoms with Gasteiger partial charge in [0, 0.05) is 0 Å². The monoisotopic (exact) mass is 227 g/mol. The van der Waals surface area contributed by atoms with Crippen molar-refractivity contribution in [2.75, 3.05) is 7.05 Å². The van der Waals surface area contributed by atoms with E-state index >= 15 is 0 Å². The molecule has 16 heavy (non-hydrogen) atoms. The van der Waals surface area contributed by atoms with Gasteiger partial charge in [-0.1, -0.05) is 13.3 Å². The molecule has 1 aliphatic rings. The quantitative estimate of drug-likeness (QED) is 0.750. The minimum absolute atomic E-state index is 0.122. The highest BCUT2D eigenvalue weighted by Gasteiger charge is 2.37. The van der Waals surface area contributed by atoms with Crippen molar-refractivity contribution < 1.29 is 9.53 Å². The zero-order valence-corrected chi connectivity index (χ0v) is 11.2. The Morgan fingerprint density at radius 2 is 2.00 bits per heavy atom. The highest BCUT2D eigenvalue weighted by molar-refractivity contribution is 5.76. The largest absolute Gasteiger partial charge is 0.459 e. The van der Waals surface area contributed by atoms with Crippen LogP contribution in [0.15, 0.2) is 0 Å². The van der Waals surface area contributed by atoms with Crippen molar-refractivity contribution in [3.05, 3.63) is 0 Å². The first-order valence-corrected chi connectivity index (χ1v) is 6.16. The number of carbonyl (C=O) groups is 1. The first-order valence-electron chi connectivity index (χ1n) is 6.16. The Bertz CT molecular complexity index is 251. The van der Waals surface area contributed by atoms with Gasteiger partial charge in [0.2, 0.25) is 0 Å². The molecule has 1 atom stereocenters. The van der Waals surface area contributed by atoms with Gasteiger partial charge in [-0.2, -0.15) is 0 Å². The van der Waals surface area contributed by atoms with Crippen LogP contribution in [-0.2, 0) is 9.53 Å². The first kappa shape index (κ1) is 13.5. The Labute approximate surface area is 98.9 Å². The second-order valence-electron chi connectivity index (χ2n) is 6.24. The fourth-order valence-corrected chi connectivity index (χ4v) is 2.15. The lowest BCUT2D eigenvalue weighted by molar-refractivity contribution is -0.158. The molecule has 0 spiro atoms. The Balaban J connectivity index is 2.50. The predicted octanol–water partition coefficient (Wildman–Crippen LogP) is 2.50. The molecule has 0 saturated heterocycles. The summed E-state index contributed by atoms with van der Waals surface area (Å²) < 4.78 is 5.40. The number of likely N-dealkylation sites (N-methyl/N-ethyl adjacent to an activating group) is 1. The first-order chi connectivity index (χ1) is 7.26. The van der Waals surface area contributed by atoms with Crippen LogP contribution in [0.25, 0.3) is 0 Å². The summed E-state index contributed by atoms with van der Waals surface area (Å²) in [5.74, 6) is -0.122. The number of rotatable bonds is 4. The summed E-state index contributed by atoms with van der Waals surface area (Å²) in [5, 5.41) is 3.07. The smallest absolute Gasteiger partial charge is 0.323 e. The molecular formula is C13H25NO2. The van der Waals surface area contributed by atoms with Crippen LogP contribution in [0.2, 0.25) is 0 Å². The van der Waals surface area contributed by atoms with Gasteiger partial charge in [0.15, 0.2) is 0 Å². The molecule has 0 unspecified atom stereocenters. The molecule has 0 amide bonds. The van der Waals surface area contributed by atoms with E-state index in [-0.39, 0.29) is 12.0 Å². The average molecular weight is 227 g/mol. The van der Waals surface area contributed by atoms with Crippen molar-refractivity contribution in [1.82, 2.24) is 5.32 Å². The maximum atomic E-state index is 11.9. The average Bonchev–Trinajstić information content (AvgIpc) is 2.08. The zero-order chi connectivity index (χ0) is 12.4. The molecule has 94 valence electrons. The second kappa shape index (κ2) is 4.74. The molecule has 0 aromatic rings. The van der Waals surface area contributed by atoms with Crippen LogP contribution in [0, 0.1) is 5.41 Å². The van der Waals surface area contributed by atoms with Crippen molar-refractivity contribution >= 4 is 5.97 Å². The summed E-state index contributed by atoms with van der Waals surface area (Å²) >= 11 is 0. The molecule has 1 N–H and O–H groups in total. The van der Waals surface area contributed by atoms with Crippen molar-refractivity contribution in [1.29, 1.82) is 0 Å². The number of esters is 1. The molecule has 0 radical (unpaired) electrons. The number of carbonyl (C=O) groups excluding carboxylic acids is 1. The third kappa shape index (κ3) is 3.78. The Morgan fingerprint density at radius 1 is 1.44 bits per heavy atom. The number of hydrogen-bond donors (Lipinski definition) is 1. The summed E-state index contributed by atoms with van der Waals surface area (Å²) in [6.07, 6.45) is 4.64. The molecule has 0 bridgehead atoms. The van der Waals surface area contributed by atoms with Crippen LogP contribution in [0.1, 0.15) is 53.4 Å². The molecule has 3 heteroatoms. The maximum Gasteiger partial charge on any atom is 0.323 e. The highest BCUT2D eigenvalue weighted by Crippen LogP contribution is 2.44. The lowest BCUT2D eigenvalue weighted by Gasteiger charge is -2.40. The molecular weight excluding hydrogens is 202 g/mol. The van der Waals surface area contributed by atoms with E-state index in [9.17, 15) is 4.79 Å². The summed E-state index contributed by atoms with van der Waals surface area (Å²) in [4.78, 5) is 11.9. The Morgan fingerprint density at radius 3 is 2.31 bits per heavy atom. The van der Waals surface area contributed by atoms with E-state index in [1.54, 1.807) is 0 Å². The van der Waals surface area contributed by atoms with Crippen molar-refractivity contribution in [2.24, 2.45) is 5.41 Å². The number of ether oxygens (including phenoxy) is 1. The zero-order valence-electron chi connectivity index (χ0n) is 11.2. The lowest BCUT2D eigenvalue weighted by atomic mass is 9.67. The van der Waals surface area contributed by atoms with Crippen LogP contribution in [0.5, 0.6) is 0 Å². The van der Waals surface area contributed by atoms with E-state index in [2.05, 4.69) is 12.2 Å². The Kier molecular flexibility index (Phi) is 4.00. The molecule has 1 rings (SSSR count). The molecule has 1 fully saturated rings. The highest BCUT2D eigenvalue weighted by atomic mass is 16.6. The van der Waals surface area contributed by atoms with Crippen LogP contribution >= 0.6 is 0 Å². The molecule has 0 heterocycles. The molecule has 3 nitrogen and oxygen atoms in total. The molecule has 1 aliphatic carbocycles. The summed E-state index contributed by atoms with van der Waals surface area (Å²) in [7, 11) is 1.83. The van der Waals surface area contributed by atoms with E-state index in [4.69, 9.17) is 4.74 Å². The Hall–Kier alpha value is -0.570. The van der Waals surface area contributed by atoms with E-state index in [1.165, 1.54) is 19.3 Å². The molecule has 0 aliphatic heterocycles. The van der Waals surface area contributed by atoms with Gasteiger partial charge in [0.1, 0.15) is 11.6 Å². The van der Waals surface area contributed by atoms with Crippen LogP contribution in [0.3, 0.4) is 0 Å².